The second-order valence-electron chi connectivity index (χ2n) is 5.75. The Kier molecular flexibility index (Phi) is 4.37. The van der Waals surface area contributed by atoms with Crippen molar-refractivity contribution in [2.45, 2.75) is 32.6 Å². The predicted octanol–water partition coefficient (Wildman–Crippen LogP) is 3.35. The minimum absolute atomic E-state index is 0.680. The van der Waals surface area contributed by atoms with Crippen LogP contribution in [0, 0.1) is 12.8 Å². The molecule has 0 radical (unpaired) electrons. The SMILES string of the molecule is Cc1c(CC2CCNCC2)cc(Cl)c2c1OCCCO2. The van der Waals surface area contributed by atoms with E-state index in [2.05, 4.69) is 18.3 Å². The van der Waals surface area contributed by atoms with E-state index in [0.29, 0.717) is 18.2 Å². The molecule has 2 heterocycles. The van der Waals surface area contributed by atoms with E-state index in [1.165, 1.54) is 24.0 Å². The van der Waals surface area contributed by atoms with E-state index >= 15 is 0 Å². The van der Waals surface area contributed by atoms with Gasteiger partial charge in [-0.2, -0.15) is 0 Å². The van der Waals surface area contributed by atoms with Crippen molar-refractivity contribution in [1.82, 2.24) is 5.32 Å². The molecule has 4 heteroatoms. The Morgan fingerprint density at radius 2 is 1.90 bits per heavy atom. The molecule has 0 amide bonds. The van der Waals surface area contributed by atoms with Crippen LogP contribution in [0.5, 0.6) is 11.5 Å². The molecule has 1 saturated heterocycles. The molecule has 0 atom stereocenters. The minimum Gasteiger partial charge on any atom is -0.489 e. The van der Waals surface area contributed by atoms with Crippen molar-refractivity contribution in [2.24, 2.45) is 5.92 Å². The molecule has 0 aromatic heterocycles. The molecule has 1 fully saturated rings. The third kappa shape index (κ3) is 2.89. The summed E-state index contributed by atoms with van der Waals surface area (Å²) in [5.74, 6) is 2.34. The van der Waals surface area contributed by atoms with E-state index in [-0.39, 0.29) is 0 Å². The summed E-state index contributed by atoms with van der Waals surface area (Å²) < 4.78 is 11.6. The Hall–Kier alpha value is -0.930. The highest BCUT2D eigenvalue weighted by atomic mass is 35.5. The zero-order valence-corrected chi connectivity index (χ0v) is 12.8. The van der Waals surface area contributed by atoms with Gasteiger partial charge in [-0.3, -0.25) is 0 Å². The molecule has 1 aromatic carbocycles. The number of benzene rings is 1. The molecule has 1 N–H and O–H groups in total. The van der Waals surface area contributed by atoms with Crippen LogP contribution in [0.15, 0.2) is 6.07 Å². The van der Waals surface area contributed by atoms with Crippen molar-refractivity contribution >= 4 is 11.6 Å². The fourth-order valence-corrected chi connectivity index (χ4v) is 3.35. The van der Waals surface area contributed by atoms with Gasteiger partial charge in [0.05, 0.1) is 18.2 Å². The highest BCUT2D eigenvalue weighted by molar-refractivity contribution is 6.32. The van der Waals surface area contributed by atoms with Gasteiger partial charge in [-0.05, 0) is 62.4 Å². The third-order valence-electron chi connectivity index (χ3n) is 4.30. The van der Waals surface area contributed by atoms with Gasteiger partial charge < -0.3 is 14.8 Å². The van der Waals surface area contributed by atoms with E-state index in [0.717, 1.165) is 43.3 Å². The van der Waals surface area contributed by atoms with Gasteiger partial charge in [0.15, 0.2) is 11.5 Å². The van der Waals surface area contributed by atoms with Crippen molar-refractivity contribution in [3.05, 3.63) is 22.2 Å². The quantitative estimate of drug-likeness (QED) is 0.907. The van der Waals surface area contributed by atoms with Gasteiger partial charge in [0.1, 0.15) is 0 Å². The van der Waals surface area contributed by atoms with Crippen molar-refractivity contribution in [3.8, 4) is 11.5 Å². The predicted molar refractivity (Wildman–Crippen MR) is 81.1 cm³/mol. The molecule has 0 saturated carbocycles. The smallest absolute Gasteiger partial charge is 0.180 e. The molecule has 20 heavy (non-hydrogen) atoms. The number of hydrogen-bond acceptors (Lipinski definition) is 3. The number of hydrogen-bond donors (Lipinski definition) is 1. The summed E-state index contributed by atoms with van der Waals surface area (Å²) in [5, 5.41) is 4.11. The van der Waals surface area contributed by atoms with Crippen molar-refractivity contribution in [1.29, 1.82) is 0 Å². The first kappa shape index (κ1) is 14.0. The first-order valence-corrected chi connectivity index (χ1v) is 7.92. The summed E-state index contributed by atoms with van der Waals surface area (Å²) in [4.78, 5) is 0. The van der Waals surface area contributed by atoms with E-state index < -0.39 is 0 Å². The summed E-state index contributed by atoms with van der Waals surface area (Å²) in [5.41, 5.74) is 2.51. The van der Waals surface area contributed by atoms with Crippen LogP contribution in [0.4, 0.5) is 0 Å². The van der Waals surface area contributed by atoms with Crippen LogP contribution >= 0.6 is 11.6 Å². The van der Waals surface area contributed by atoms with E-state index in [1.54, 1.807) is 0 Å². The van der Waals surface area contributed by atoms with E-state index in [9.17, 15) is 0 Å². The number of rotatable bonds is 2. The average Bonchev–Trinajstić information content (AvgIpc) is 2.72. The van der Waals surface area contributed by atoms with Gasteiger partial charge >= 0.3 is 0 Å². The maximum absolute atomic E-state index is 6.39. The Balaban J connectivity index is 1.87. The second-order valence-corrected chi connectivity index (χ2v) is 6.16. The van der Waals surface area contributed by atoms with Crippen molar-refractivity contribution in [3.63, 3.8) is 0 Å². The molecule has 3 nitrogen and oxygen atoms in total. The zero-order chi connectivity index (χ0) is 13.9. The lowest BCUT2D eigenvalue weighted by atomic mass is 9.89. The fraction of sp³-hybridized carbons (Fsp3) is 0.625. The van der Waals surface area contributed by atoms with Gasteiger partial charge in [-0.15, -0.1) is 0 Å². The lowest BCUT2D eigenvalue weighted by Crippen LogP contribution is -2.28. The number of piperidine rings is 1. The van der Waals surface area contributed by atoms with Crippen LogP contribution in [0.2, 0.25) is 5.02 Å². The topological polar surface area (TPSA) is 30.5 Å². The standard InChI is InChI=1S/C16H22ClNO2/c1-11-13(9-12-3-5-18-6-4-12)10-14(17)16-15(11)19-7-2-8-20-16/h10,12,18H,2-9H2,1H3. The van der Waals surface area contributed by atoms with Crippen LogP contribution in [-0.2, 0) is 6.42 Å². The molecule has 1 aromatic rings. The Labute approximate surface area is 125 Å². The first-order chi connectivity index (χ1) is 9.75. The molecular formula is C16H22ClNO2. The van der Waals surface area contributed by atoms with Gasteiger partial charge in [0, 0.05) is 6.42 Å². The Bertz CT molecular complexity index is 484. The Morgan fingerprint density at radius 1 is 1.20 bits per heavy atom. The molecule has 2 aliphatic heterocycles. The molecule has 110 valence electrons. The summed E-state index contributed by atoms with van der Waals surface area (Å²) in [7, 11) is 0. The molecule has 0 unspecified atom stereocenters. The molecule has 0 bridgehead atoms. The summed E-state index contributed by atoms with van der Waals surface area (Å²) in [6.07, 6.45) is 4.48. The van der Waals surface area contributed by atoms with Crippen LogP contribution in [0.1, 0.15) is 30.4 Å². The summed E-state index contributed by atoms with van der Waals surface area (Å²) in [6, 6.07) is 2.08. The average molecular weight is 296 g/mol. The maximum Gasteiger partial charge on any atom is 0.180 e. The maximum atomic E-state index is 6.39. The van der Waals surface area contributed by atoms with Crippen molar-refractivity contribution < 1.29 is 9.47 Å². The molecular weight excluding hydrogens is 274 g/mol. The van der Waals surface area contributed by atoms with Gasteiger partial charge in [0.25, 0.3) is 0 Å². The van der Waals surface area contributed by atoms with Gasteiger partial charge in [-0.1, -0.05) is 11.6 Å². The monoisotopic (exact) mass is 295 g/mol. The lowest BCUT2D eigenvalue weighted by Gasteiger charge is -2.24. The third-order valence-corrected chi connectivity index (χ3v) is 4.58. The number of fused-ring (bicyclic) bond motifs is 1. The van der Waals surface area contributed by atoms with E-state index in [1.807, 2.05) is 0 Å². The Morgan fingerprint density at radius 3 is 2.65 bits per heavy atom. The van der Waals surface area contributed by atoms with Gasteiger partial charge in [0.2, 0.25) is 0 Å². The largest absolute Gasteiger partial charge is 0.489 e. The zero-order valence-electron chi connectivity index (χ0n) is 12.0. The van der Waals surface area contributed by atoms with Crippen LogP contribution in [0.25, 0.3) is 0 Å². The number of nitrogens with one attached hydrogen (secondary N) is 1. The molecule has 3 rings (SSSR count). The minimum atomic E-state index is 0.680. The first-order valence-electron chi connectivity index (χ1n) is 7.54. The summed E-state index contributed by atoms with van der Waals surface area (Å²) in [6.45, 7) is 5.77. The highest BCUT2D eigenvalue weighted by Crippen LogP contribution is 2.42. The highest BCUT2D eigenvalue weighted by Gasteiger charge is 2.22. The van der Waals surface area contributed by atoms with E-state index in [4.69, 9.17) is 21.1 Å². The van der Waals surface area contributed by atoms with Crippen molar-refractivity contribution in [2.75, 3.05) is 26.3 Å². The fourth-order valence-electron chi connectivity index (χ4n) is 3.08. The summed E-state index contributed by atoms with van der Waals surface area (Å²) >= 11 is 6.39. The number of halogens is 1. The van der Waals surface area contributed by atoms with Crippen LogP contribution < -0.4 is 14.8 Å². The van der Waals surface area contributed by atoms with Gasteiger partial charge in [-0.25, -0.2) is 0 Å². The molecule has 0 aliphatic carbocycles. The van der Waals surface area contributed by atoms with Crippen LogP contribution in [0.3, 0.4) is 0 Å². The van der Waals surface area contributed by atoms with Crippen LogP contribution in [-0.4, -0.2) is 26.3 Å². The lowest BCUT2D eigenvalue weighted by molar-refractivity contribution is 0.296. The second kappa shape index (κ2) is 6.23. The normalized spacial score (nSPS) is 19.7. The number of ether oxygens (including phenoxy) is 2. The molecule has 0 spiro atoms. The molecule has 2 aliphatic rings.